The Balaban J connectivity index is 2.34. The van der Waals surface area contributed by atoms with Crippen LogP contribution in [0.5, 0.6) is 0 Å². The summed E-state index contributed by atoms with van der Waals surface area (Å²) in [6, 6.07) is 6.88. The molecule has 0 saturated carbocycles. The number of hydrogen-bond acceptors (Lipinski definition) is 3. The van der Waals surface area contributed by atoms with E-state index in [0.717, 1.165) is 25.1 Å². The summed E-state index contributed by atoms with van der Waals surface area (Å²) in [5, 5.41) is 3.28. The van der Waals surface area contributed by atoms with Crippen LogP contribution >= 0.6 is 0 Å². The van der Waals surface area contributed by atoms with Crippen LogP contribution in [0.15, 0.2) is 41.8 Å². The summed E-state index contributed by atoms with van der Waals surface area (Å²) in [5.41, 5.74) is 0.964. The molecule has 0 aliphatic heterocycles. The standard InChI is InChI=1S/C14H21NO2S/c1-3-4-5-6-7-12-15-13-8-10-14(11-9-13)18(2,16)17/h3,8-11,15H,1,4-7,12H2,2H3. The van der Waals surface area contributed by atoms with Gasteiger partial charge in [0.2, 0.25) is 0 Å². The van der Waals surface area contributed by atoms with Crippen LogP contribution in [-0.4, -0.2) is 21.2 Å². The quantitative estimate of drug-likeness (QED) is 0.581. The molecular weight excluding hydrogens is 246 g/mol. The zero-order chi connectivity index (χ0) is 13.4. The zero-order valence-corrected chi connectivity index (χ0v) is 11.7. The van der Waals surface area contributed by atoms with Gasteiger partial charge < -0.3 is 5.32 Å². The van der Waals surface area contributed by atoms with Gasteiger partial charge in [0.05, 0.1) is 4.90 Å². The Morgan fingerprint density at radius 2 is 1.83 bits per heavy atom. The van der Waals surface area contributed by atoms with Crippen molar-refractivity contribution >= 4 is 15.5 Å². The maximum absolute atomic E-state index is 11.3. The van der Waals surface area contributed by atoms with Crippen LogP contribution in [0.2, 0.25) is 0 Å². The molecule has 0 aromatic heterocycles. The van der Waals surface area contributed by atoms with Gasteiger partial charge in [-0.1, -0.05) is 12.5 Å². The Kier molecular flexibility index (Phi) is 5.92. The van der Waals surface area contributed by atoms with Gasteiger partial charge in [0.25, 0.3) is 0 Å². The predicted octanol–water partition coefficient (Wildman–Crippen LogP) is 3.25. The lowest BCUT2D eigenvalue weighted by atomic mass is 10.2. The van der Waals surface area contributed by atoms with Crippen molar-refractivity contribution in [2.45, 2.75) is 30.6 Å². The topological polar surface area (TPSA) is 46.2 Å². The summed E-state index contributed by atoms with van der Waals surface area (Å²) in [6.45, 7) is 4.60. The highest BCUT2D eigenvalue weighted by Gasteiger charge is 2.05. The van der Waals surface area contributed by atoms with E-state index in [1.807, 2.05) is 6.08 Å². The van der Waals surface area contributed by atoms with Gasteiger partial charge in [0.15, 0.2) is 9.84 Å². The van der Waals surface area contributed by atoms with E-state index in [1.165, 1.54) is 19.1 Å². The summed E-state index contributed by atoms with van der Waals surface area (Å²) in [7, 11) is -3.09. The monoisotopic (exact) mass is 267 g/mol. The molecule has 0 amide bonds. The molecule has 0 unspecified atom stereocenters. The van der Waals surface area contributed by atoms with Gasteiger partial charge in [-0.3, -0.25) is 0 Å². The summed E-state index contributed by atoms with van der Waals surface area (Å²) in [4.78, 5) is 0.360. The first kappa shape index (κ1) is 14.8. The Bertz CT molecular complexity index is 463. The van der Waals surface area contributed by atoms with E-state index < -0.39 is 9.84 Å². The number of rotatable bonds is 8. The molecule has 3 nitrogen and oxygen atoms in total. The third kappa shape index (κ3) is 5.36. The SMILES string of the molecule is C=CCCCCCNc1ccc(S(C)(=O)=O)cc1. The number of unbranched alkanes of at least 4 members (excludes halogenated alkanes) is 3. The second-order valence-electron chi connectivity index (χ2n) is 4.36. The van der Waals surface area contributed by atoms with Crippen LogP contribution in [0.1, 0.15) is 25.7 Å². The molecule has 0 heterocycles. The van der Waals surface area contributed by atoms with Crippen molar-refractivity contribution in [1.29, 1.82) is 0 Å². The maximum Gasteiger partial charge on any atom is 0.175 e. The maximum atomic E-state index is 11.3. The summed E-state index contributed by atoms with van der Waals surface area (Å²) in [5.74, 6) is 0. The lowest BCUT2D eigenvalue weighted by Crippen LogP contribution is -2.02. The van der Waals surface area contributed by atoms with Crippen LogP contribution in [-0.2, 0) is 9.84 Å². The molecule has 0 aliphatic carbocycles. The number of nitrogens with one attached hydrogen (secondary N) is 1. The molecule has 18 heavy (non-hydrogen) atoms. The van der Waals surface area contributed by atoms with Crippen LogP contribution < -0.4 is 5.32 Å². The van der Waals surface area contributed by atoms with Crippen LogP contribution in [0.3, 0.4) is 0 Å². The highest BCUT2D eigenvalue weighted by atomic mass is 32.2. The lowest BCUT2D eigenvalue weighted by Gasteiger charge is -2.06. The van der Waals surface area contributed by atoms with Crippen LogP contribution in [0.25, 0.3) is 0 Å². The van der Waals surface area contributed by atoms with Gasteiger partial charge in [-0.2, -0.15) is 0 Å². The summed E-state index contributed by atoms with van der Waals surface area (Å²) < 4.78 is 22.6. The molecule has 1 aromatic rings. The molecule has 1 rings (SSSR count). The molecule has 0 spiro atoms. The third-order valence-corrected chi connectivity index (χ3v) is 3.83. The highest BCUT2D eigenvalue weighted by molar-refractivity contribution is 7.90. The zero-order valence-electron chi connectivity index (χ0n) is 10.9. The molecule has 0 aliphatic rings. The first-order chi connectivity index (χ1) is 8.54. The van der Waals surface area contributed by atoms with Gasteiger partial charge in [0, 0.05) is 18.5 Å². The minimum absolute atomic E-state index is 0.360. The minimum Gasteiger partial charge on any atom is -0.385 e. The largest absolute Gasteiger partial charge is 0.385 e. The summed E-state index contributed by atoms with van der Waals surface area (Å²) in [6.07, 6.45) is 7.70. The second kappa shape index (κ2) is 7.21. The number of benzene rings is 1. The Hall–Kier alpha value is -1.29. The molecule has 0 atom stereocenters. The van der Waals surface area contributed by atoms with Gasteiger partial charge in [-0.15, -0.1) is 6.58 Å². The average molecular weight is 267 g/mol. The minimum atomic E-state index is -3.09. The normalized spacial score (nSPS) is 11.2. The molecule has 0 bridgehead atoms. The smallest absolute Gasteiger partial charge is 0.175 e. The third-order valence-electron chi connectivity index (χ3n) is 2.70. The Morgan fingerprint density at radius 3 is 2.39 bits per heavy atom. The fraction of sp³-hybridized carbons (Fsp3) is 0.429. The van der Waals surface area contributed by atoms with Gasteiger partial charge in [-0.25, -0.2) is 8.42 Å². The second-order valence-corrected chi connectivity index (χ2v) is 6.38. The fourth-order valence-corrected chi connectivity index (χ4v) is 2.27. The van der Waals surface area contributed by atoms with Crippen molar-refractivity contribution in [3.05, 3.63) is 36.9 Å². The molecule has 0 radical (unpaired) electrons. The molecule has 4 heteroatoms. The van der Waals surface area contributed by atoms with E-state index in [4.69, 9.17) is 0 Å². The Labute approximate surface area is 110 Å². The molecule has 1 aromatic carbocycles. The van der Waals surface area contributed by atoms with E-state index in [-0.39, 0.29) is 0 Å². The van der Waals surface area contributed by atoms with E-state index in [0.29, 0.717) is 4.90 Å². The van der Waals surface area contributed by atoms with Crippen molar-refractivity contribution in [3.8, 4) is 0 Å². The predicted molar refractivity (Wildman–Crippen MR) is 76.7 cm³/mol. The summed E-state index contributed by atoms with van der Waals surface area (Å²) >= 11 is 0. The van der Waals surface area contributed by atoms with Crippen molar-refractivity contribution in [1.82, 2.24) is 0 Å². The molecule has 100 valence electrons. The molecule has 0 saturated heterocycles. The molecular formula is C14H21NO2S. The van der Waals surface area contributed by atoms with Crippen molar-refractivity contribution in [3.63, 3.8) is 0 Å². The first-order valence-corrected chi connectivity index (χ1v) is 8.08. The lowest BCUT2D eigenvalue weighted by molar-refractivity contribution is 0.602. The van der Waals surface area contributed by atoms with Gasteiger partial charge in [0.1, 0.15) is 0 Å². The Morgan fingerprint density at radius 1 is 1.17 bits per heavy atom. The van der Waals surface area contributed by atoms with E-state index in [2.05, 4.69) is 11.9 Å². The van der Waals surface area contributed by atoms with Crippen molar-refractivity contribution < 1.29 is 8.42 Å². The van der Waals surface area contributed by atoms with Gasteiger partial charge in [-0.05, 0) is 43.5 Å². The molecule has 0 fully saturated rings. The highest BCUT2D eigenvalue weighted by Crippen LogP contribution is 2.14. The van der Waals surface area contributed by atoms with Crippen molar-refractivity contribution in [2.75, 3.05) is 18.1 Å². The van der Waals surface area contributed by atoms with Gasteiger partial charge >= 0.3 is 0 Å². The number of allylic oxidation sites excluding steroid dienone is 1. The van der Waals surface area contributed by atoms with E-state index >= 15 is 0 Å². The van der Waals surface area contributed by atoms with Crippen LogP contribution in [0.4, 0.5) is 5.69 Å². The van der Waals surface area contributed by atoms with Crippen molar-refractivity contribution in [2.24, 2.45) is 0 Å². The fourth-order valence-electron chi connectivity index (χ4n) is 1.64. The number of hydrogen-bond donors (Lipinski definition) is 1. The number of sulfone groups is 1. The molecule has 1 N–H and O–H groups in total. The number of anilines is 1. The average Bonchev–Trinajstić information content (AvgIpc) is 2.33. The van der Waals surface area contributed by atoms with E-state index in [1.54, 1.807) is 24.3 Å². The van der Waals surface area contributed by atoms with Crippen LogP contribution in [0, 0.1) is 0 Å². The van der Waals surface area contributed by atoms with E-state index in [9.17, 15) is 8.42 Å². The first-order valence-electron chi connectivity index (χ1n) is 6.19.